The first-order valence-electron chi connectivity index (χ1n) is 11.5. The van der Waals surface area contributed by atoms with Crippen molar-refractivity contribution in [1.82, 2.24) is 15.2 Å². The van der Waals surface area contributed by atoms with Crippen molar-refractivity contribution in [1.29, 1.82) is 0 Å². The van der Waals surface area contributed by atoms with Crippen LogP contribution in [0, 0.1) is 5.92 Å². The van der Waals surface area contributed by atoms with Crippen molar-refractivity contribution in [3.8, 4) is 0 Å². The van der Waals surface area contributed by atoms with Crippen molar-refractivity contribution in [2.45, 2.75) is 31.7 Å². The van der Waals surface area contributed by atoms with E-state index in [0.717, 1.165) is 57.5 Å². The molecule has 1 aromatic carbocycles. The lowest BCUT2D eigenvalue weighted by atomic mass is 10.2. The molecule has 0 bridgehead atoms. The summed E-state index contributed by atoms with van der Waals surface area (Å²) in [6.45, 7) is 3.02. The van der Waals surface area contributed by atoms with Crippen LogP contribution in [0.5, 0.6) is 0 Å². The number of nitrogens with one attached hydrogen (secondary N) is 3. The van der Waals surface area contributed by atoms with Crippen molar-refractivity contribution in [3.63, 3.8) is 0 Å². The van der Waals surface area contributed by atoms with Crippen LogP contribution in [0.15, 0.2) is 42.6 Å². The summed E-state index contributed by atoms with van der Waals surface area (Å²) in [6, 6.07) is 10.5. The monoisotopic (exact) mass is 448 g/mol. The zero-order valence-corrected chi connectivity index (χ0v) is 18.4. The third kappa shape index (κ3) is 5.42. The second kappa shape index (κ2) is 9.09. The number of hydrogen-bond donors (Lipinski definition) is 3. The first-order chi connectivity index (χ1) is 16.0. The summed E-state index contributed by atoms with van der Waals surface area (Å²) in [5.74, 6) is 0.718. The van der Waals surface area contributed by atoms with E-state index in [1.807, 2.05) is 11.0 Å². The molecule has 3 fully saturated rings. The lowest BCUT2D eigenvalue weighted by Crippen LogP contribution is -2.49. The van der Waals surface area contributed by atoms with E-state index < -0.39 is 0 Å². The van der Waals surface area contributed by atoms with E-state index in [0.29, 0.717) is 23.0 Å². The van der Waals surface area contributed by atoms with Gasteiger partial charge in [0.15, 0.2) is 0 Å². The minimum absolute atomic E-state index is 0.259. The fourth-order valence-electron chi connectivity index (χ4n) is 3.93. The van der Waals surface area contributed by atoms with E-state index in [9.17, 15) is 14.4 Å². The number of hydrogen-bond acceptors (Lipinski definition) is 5. The molecular weight excluding hydrogens is 420 g/mol. The van der Waals surface area contributed by atoms with Gasteiger partial charge in [0.25, 0.3) is 5.91 Å². The summed E-state index contributed by atoms with van der Waals surface area (Å²) in [4.78, 5) is 45.4. The van der Waals surface area contributed by atoms with Gasteiger partial charge in [0, 0.05) is 49.4 Å². The van der Waals surface area contributed by atoms with Crippen LogP contribution in [0.4, 0.5) is 22.0 Å². The van der Waals surface area contributed by atoms with Crippen molar-refractivity contribution in [3.05, 3.63) is 48.2 Å². The standard InChI is InChI=1S/C24H28N6O3/c31-22(17-2-1-3-19(14-17)27-24(33)26-18-6-7-18)28-21-9-8-20(15-25-21)29-10-12-30(13-11-29)23(32)16-4-5-16/h1-3,8-9,14-16,18H,4-7,10-13H2,(H,25,28,31)(H2,26,27,33). The lowest BCUT2D eigenvalue weighted by Gasteiger charge is -2.36. The first-order valence-corrected chi connectivity index (χ1v) is 11.5. The third-order valence-corrected chi connectivity index (χ3v) is 6.17. The zero-order valence-electron chi connectivity index (χ0n) is 18.4. The van der Waals surface area contributed by atoms with Crippen molar-refractivity contribution in [2.24, 2.45) is 5.92 Å². The van der Waals surface area contributed by atoms with Crippen LogP contribution in [0.3, 0.4) is 0 Å². The maximum Gasteiger partial charge on any atom is 0.319 e. The predicted octanol–water partition coefficient (Wildman–Crippen LogP) is 2.68. The minimum atomic E-state index is -0.297. The molecule has 4 amide bonds. The van der Waals surface area contributed by atoms with Gasteiger partial charge in [0.2, 0.25) is 5.91 Å². The molecule has 3 aliphatic rings. The number of rotatable bonds is 6. The number of carbonyl (C=O) groups excluding carboxylic acids is 3. The van der Waals surface area contributed by atoms with Gasteiger partial charge < -0.3 is 25.8 Å². The van der Waals surface area contributed by atoms with Gasteiger partial charge in [0.1, 0.15) is 5.82 Å². The minimum Gasteiger partial charge on any atom is -0.367 e. The van der Waals surface area contributed by atoms with Gasteiger partial charge in [-0.15, -0.1) is 0 Å². The van der Waals surface area contributed by atoms with Gasteiger partial charge in [-0.25, -0.2) is 9.78 Å². The maximum atomic E-state index is 12.7. The molecule has 5 rings (SSSR count). The molecule has 3 N–H and O–H groups in total. The lowest BCUT2D eigenvalue weighted by molar-refractivity contribution is -0.132. The molecule has 0 spiro atoms. The fraction of sp³-hybridized carbons (Fsp3) is 0.417. The van der Waals surface area contributed by atoms with E-state index in [1.54, 1.807) is 36.5 Å². The van der Waals surface area contributed by atoms with E-state index >= 15 is 0 Å². The molecule has 1 aliphatic heterocycles. The highest BCUT2D eigenvalue weighted by atomic mass is 16.2. The zero-order chi connectivity index (χ0) is 22.8. The molecule has 1 aromatic heterocycles. The highest BCUT2D eigenvalue weighted by molar-refractivity contribution is 6.04. The number of urea groups is 1. The molecular formula is C24H28N6O3. The van der Waals surface area contributed by atoms with E-state index in [-0.39, 0.29) is 23.9 Å². The molecule has 2 heterocycles. The summed E-state index contributed by atoms with van der Waals surface area (Å²) < 4.78 is 0. The Morgan fingerprint density at radius 3 is 2.36 bits per heavy atom. The Labute approximate surface area is 192 Å². The number of pyridine rings is 1. The van der Waals surface area contributed by atoms with Crippen LogP contribution in [0.25, 0.3) is 0 Å². The molecule has 2 saturated carbocycles. The Morgan fingerprint density at radius 2 is 1.70 bits per heavy atom. The number of nitrogens with zero attached hydrogens (tertiary/aromatic N) is 3. The molecule has 0 radical (unpaired) electrons. The summed E-state index contributed by atoms with van der Waals surface area (Å²) in [7, 11) is 0. The van der Waals surface area contributed by atoms with Crippen LogP contribution < -0.4 is 20.9 Å². The van der Waals surface area contributed by atoms with Crippen molar-refractivity contribution in [2.75, 3.05) is 41.7 Å². The number of amides is 4. The highest BCUT2D eigenvalue weighted by Crippen LogP contribution is 2.31. The highest BCUT2D eigenvalue weighted by Gasteiger charge is 2.34. The Balaban J connectivity index is 1.14. The van der Waals surface area contributed by atoms with Gasteiger partial charge in [-0.3, -0.25) is 9.59 Å². The first kappa shape index (κ1) is 21.2. The van der Waals surface area contributed by atoms with E-state index in [2.05, 4.69) is 25.8 Å². The average Bonchev–Trinajstić information content (AvgIpc) is 3.74. The average molecular weight is 449 g/mol. The van der Waals surface area contributed by atoms with Gasteiger partial charge in [-0.2, -0.15) is 0 Å². The SMILES string of the molecule is O=C(Nc1cccc(C(=O)Nc2ccc(N3CCN(C(=O)C4CC4)CC3)cn2)c1)NC1CC1. The molecule has 172 valence electrons. The van der Waals surface area contributed by atoms with Gasteiger partial charge in [0.05, 0.1) is 11.9 Å². The van der Waals surface area contributed by atoms with Crippen molar-refractivity contribution >= 4 is 35.0 Å². The molecule has 9 nitrogen and oxygen atoms in total. The third-order valence-electron chi connectivity index (χ3n) is 6.17. The van der Waals surface area contributed by atoms with E-state index in [1.165, 1.54) is 0 Å². The number of benzene rings is 1. The summed E-state index contributed by atoms with van der Waals surface area (Å²) >= 11 is 0. The number of carbonyl (C=O) groups is 3. The summed E-state index contributed by atoms with van der Waals surface area (Å²) in [5.41, 5.74) is 1.96. The Kier molecular flexibility index (Phi) is 5.85. The Hall–Kier alpha value is -3.62. The predicted molar refractivity (Wildman–Crippen MR) is 125 cm³/mol. The number of anilines is 3. The molecule has 1 saturated heterocycles. The topological polar surface area (TPSA) is 107 Å². The van der Waals surface area contributed by atoms with Crippen LogP contribution >= 0.6 is 0 Å². The van der Waals surface area contributed by atoms with Gasteiger partial charge in [-0.1, -0.05) is 6.07 Å². The Morgan fingerprint density at radius 1 is 0.909 bits per heavy atom. The molecule has 2 aromatic rings. The van der Waals surface area contributed by atoms with Crippen LogP contribution in [0.2, 0.25) is 0 Å². The largest absolute Gasteiger partial charge is 0.367 e. The van der Waals surface area contributed by atoms with Gasteiger partial charge in [-0.05, 0) is 56.0 Å². The van der Waals surface area contributed by atoms with Crippen LogP contribution in [-0.4, -0.2) is 60.0 Å². The second-order valence-electron chi connectivity index (χ2n) is 8.90. The van der Waals surface area contributed by atoms with Gasteiger partial charge >= 0.3 is 6.03 Å². The maximum absolute atomic E-state index is 12.7. The quantitative estimate of drug-likeness (QED) is 0.630. The van der Waals surface area contributed by atoms with E-state index in [4.69, 9.17) is 0 Å². The van der Waals surface area contributed by atoms with Crippen LogP contribution in [-0.2, 0) is 4.79 Å². The number of aromatic nitrogens is 1. The van der Waals surface area contributed by atoms with Crippen LogP contribution in [0.1, 0.15) is 36.0 Å². The van der Waals surface area contributed by atoms with Crippen molar-refractivity contribution < 1.29 is 14.4 Å². The molecule has 0 atom stereocenters. The second-order valence-corrected chi connectivity index (χ2v) is 8.90. The number of piperazine rings is 1. The fourth-order valence-corrected chi connectivity index (χ4v) is 3.93. The summed E-state index contributed by atoms with van der Waals surface area (Å²) in [5, 5.41) is 8.42. The summed E-state index contributed by atoms with van der Waals surface area (Å²) in [6.07, 6.45) is 5.84. The molecule has 33 heavy (non-hydrogen) atoms. The normalized spacial score (nSPS) is 17.9. The smallest absolute Gasteiger partial charge is 0.319 e. The molecule has 9 heteroatoms. The Bertz CT molecular complexity index is 1040. The molecule has 2 aliphatic carbocycles. The molecule has 0 unspecified atom stereocenters.